The Hall–Kier alpha value is -0.630. The molecule has 0 aromatic rings. The Balaban J connectivity index is 2.24. The van der Waals surface area contributed by atoms with Crippen LogP contribution in [0.15, 0.2) is 12.2 Å². The molecule has 1 fully saturated rings. The summed E-state index contributed by atoms with van der Waals surface area (Å²) < 4.78 is 0. The maximum absolute atomic E-state index is 10.3. The Labute approximate surface area is 67.9 Å². The van der Waals surface area contributed by atoms with Crippen LogP contribution in [0.2, 0.25) is 0 Å². The molecule has 11 heavy (non-hydrogen) atoms. The van der Waals surface area contributed by atoms with Crippen LogP contribution in [0.5, 0.6) is 0 Å². The maximum Gasteiger partial charge on any atom is 0.146 e. The molecule has 2 nitrogen and oxygen atoms in total. The lowest BCUT2D eigenvalue weighted by atomic mass is 10.1. The van der Waals surface area contributed by atoms with Gasteiger partial charge in [0.05, 0.1) is 0 Å². The number of aldehydes is 1. The minimum absolute atomic E-state index is 0.701. The number of carbonyl (C=O) groups is 1. The summed E-state index contributed by atoms with van der Waals surface area (Å²) in [6, 6.07) is 0. The second-order valence-electron chi connectivity index (χ2n) is 3.11. The first-order valence-electron chi connectivity index (χ1n) is 4.18. The van der Waals surface area contributed by atoms with Gasteiger partial charge in [0, 0.05) is 6.54 Å². The van der Waals surface area contributed by atoms with Gasteiger partial charge in [0.25, 0.3) is 0 Å². The van der Waals surface area contributed by atoms with Gasteiger partial charge in [-0.3, -0.25) is 9.69 Å². The molecule has 0 bridgehead atoms. The van der Waals surface area contributed by atoms with E-state index in [4.69, 9.17) is 0 Å². The van der Waals surface area contributed by atoms with Gasteiger partial charge in [-0.1, -0.05) is 13.0 Å². The number of carbonyl (C=O) groups excluding carboxylic acids is 1. The first-order valence-corrected chi connectivity index (χ1v) is 4.18. The number of hydrogen-bond acceptors (Lipinski definition) is 2. The summed E-state index contributed by atoms with van der Waals surface area (Å²) in [5.41, 5.74) is 0.701. The second kappa shape index (κ2) is 4.29. The lowest BCUT2D eigenvalue weighted by molar-refractivity contribution is -0.105. The third-order valence-electron chi connectivity index (χ3n) is 2.04. The van der Waals surface area contributed by atoms with Gasteiger partial charge >= 0.3 is 0 Å². The number of rotatable bonds is 3. The lowest BCUT2D eigenvalue weighted by Crippen LogP contribution is -2.31. The Morgan fingerprint density at radius 2 is 2.00 bits per heavy atom. The summed E-state index contributed by atoms with van der Waals surface area (Å²) >= 11 is 0. The SMILES string of the molecule is C=C(C=O)CN1CCCCC1. The van der Waals surface area contributed by atoms with E-state index in [9.17, 15) is 4.79 Å². The molecule has 1 aliphatic heterocycles. The highest BCUT2D eigenvalue weighted by molar-refractivity contribution is 5.72. The summed E-state index contributed by atoms with van der Waals surface area (Å²) in [4.78, 5) is 12.5. The van der Waals surface area contributed by atoms with Crippen LogP contribution in [0.25, 0.3) is 0 Å². The molecule has 0 aromatic heterocycles. The summed E-state index contributed by atoms with van der Waals surface area (Å²) in [7, 11) is 0. The molecule has 62 valence electrons. The highest BCUT2D eigenvalue weighted by Gasteiger charge is 2.09. The van der Waals surface area contributed by atoms with Crippen LogP contribution < -0.4 is 0 Å². The van der Waals surface area contributed by atoms with Crippen LogP contribution in [-0.2, 0) is 4.79 Å². The van der Waals surface area contributed by atoms with Crippen LogP contribution in [0, 0.1) is 0 Å². The van der Waals surface area contributed by atoms with E-state index in [1.54, 1.807) is 0 Å². The average molecular weight is 153 g/mol. The zero-order valence-corrected chi connectivity index (χ0v) is 6.88. The van der Waals surface area contributed by atoms with Gasteiger partial charge in [0.1, 0.15) is 6.29 Å². The summed E-state index contributed by atoms with van der Waals surface area (Å²) in [5, 5.41) is 0. The van der Waals surface area contributed by atoms with Crippen molar-refractivity contribution >= 4 is 6.29 Å². The summed E-state index contributed by atoms with van der Waals surface area (Å²) in [5.74, 6) is 0. The van der Waals surface area contributed by atoms with E-state index >= 15 is 0 Å². The van der Waals surface area contributed by atoms with Gasteiger partial charge in [-0.25, -0.2) is 0 Å². The van der Waals surface area contributed by atoms with Crippen molar-refractivity contribution in [1.82, 2.24) is 4.90 Å². The molecule has 2 heteroatoms. The molecule has 0 spiro atoms. The standard InChI is InChI=1S/C9H15NO/c1-9(8-11)7-10-5-3-2-4-6-10/h8H,1-7H2. The van der Waals surface area contributed by atoms with Gasteiger partial charge in [-0.05, 0) is 31.5 Å². The van der Waals surface area contributed by atoms with Gasteiger partial charge in [0.2, 0.25) is 0 Å². The number of nitrogens with zero attached hydrogens (tertiary/aromatic N) is 1. The smallest absolute Gasteiger partial charge is 0.146 e. The third kappa shape index (κ3) is 2.85. The van der Waals surface area contributed by atoms with E-state index in [0.29, 0.717) is 5.57 Å². The highest BCUT2D eigenvalue weighted by Crippen LogP contribution is 2.08. The van der Waals surface area contributed by atoms with Crippen LogP contribution in [0.1, 0.15) is 19.3 Å². The Bertz CT molecular complexity index is 148. The second-order valence-corrected chi connectivity index (χ2v) is 3.11. The van der Waals surface area contributed by atoms with E-state index in [1.807, 2.05) is 0 Å². The number of piperidine rings is 1. The monoisotopic (exact) mass is 153 g/mol. The first-order chi connectivity index (χ1) is 5.33. The van der Waals surface area contributed by atoms with Crippen LogP contribution in [-0.4, -0.2) is 30.8 Å². The lowest BCUT2D eigenvalue weighted by Gasteiger charge is -2.25. The Kier molecular flexibility index (Phi) is 3.30. The highest BCUT2D eigenvalue weighted by atomic mass is 16.1. The fraction of sp³-hybridized carbons (Fsp3) is 0.667. The van der Waals surface area contributed by atoms with E-state index in [1.165, 1.54) is 19.3 Å². The molecule has 0 atom stereocenters. The largest absolute Gasteiger partial charge is 0.299 e. The third-order valence-corrected chi connectivity index (χ3v) is 2.04. The van der Waals surface area contributed by atoms with E-state index in [2.05, 4.69) is 11.5 Å². The predicted molar refractivity (Wildman–Crippen MR) is 45.5 cm³/mol. The first kappa shape index (κ1) is 8.47. The Morgan fingerprint density at radius 1 is 1.36 bits per heavy atom. The molecule has 0 aromatic carbocycles. The molecule has 0 radical (unpaired) electrons. The topological polar surface area (TPSA) is 20.3 Å². The minimum atomic E-state index is 0.701. The van der Waals surface area contributed by atoms with E-state index < -0.39 is 0 Å². The van der Waals surface area contributed by atoms with Crippen molar-refractivity contribution in [2.24, 2.45) is 0 Å². The molecule has 0 amide bonds. The van der Waals surface area contributed by atoms with Crippen LogP contribution >= 0.6 is 0 Å². The van der Waals surface area contributed by atoms with Crippen molar-refractivity contribution in [2.75, 3.05) is 19.6 Å². The number of likely N-dealkylation sites (tertiary alicyclic amines) is 1. The predicted octanol–water partition coefficient (Wildman–Crippen LogP) is 1.23. The summed E-state index contributed by atoms with van der Waals surface area (Å²) in [6.45, 7) is 6.69. The fourth-order valence-electron chi connectivity index (χ4n) is 1.44. The van der Waals surface area contributed by atoms with Crippen LogP contribution in [0.4, 0.5) is 0 Å². The van der Waals surface area contributed by atoms with Gasteiger partial charge in [-0.2, -0.15) is 0 Å². The van der Waals surface area contributed by atoms with E-state index in [-0.39, 0.29) is 0 Å². The maximum atomic E-state index is 10.3. The van der Waals surface area contributed by atoms with Gasteiger partial charge < -0.3 is 0 Å². The molecule has 1 heterocycles. The van der Waals surface area contributed by atoms with E-state index in [0.717, 1.165) is 25.9 Å². The normalized spacial score (nSPS) is 19.6. The molecule has 1 rings (SSSR count). The summed E-state index contributed by atoms with van der Waals surface area (Å²) in [6.07, 6.45) is 4.73. The zero-order valence-electron chi connectivity index (χ0n) is 6.88. The molecular weight excluding hydrogens is 138 g/mol. The van der Waals surface area contributed by atoms with Crippen molar-refractivity contribution < 1.29 is 4.79 Å². The number of hydrogen-bond donors (Lipinski definition) is 0. The fourth-order valence-corrected chi connectivity index (χ4v) is 1.44. The average Bonchev–Trinajstić information content (AvgIpc) is 2.06. The molecule has 0 unspecified atom stereocenters. The molecule has 1 aliphatic rings. The minimum Gasteiger partial charge on any atom is -0.299 e. The molecule has 1 saturated heterocycles. The zero-order chi connectivity index (χ0) is 8.10. The van der Waals surface area contributed by atoms with Crippen LogP contribution in [0.3, 0.4) is 0 Å². The Morgan fingerprint density at radius 3 is 2.55 bits per heavy atom. The van der Waals surface area contributed by atoms with Crippen molar-refractivity contribution in [3.8, 4) is 0 Å². The van der Waals surface area contributed by atoms with Crippen molar-refractivity contribution in [3.05, 3.63) is 12.2 Å². The molecule has 0 aliphatic carbocycles. The molecular formula is C9H15NO. The molecule has 0 N–H and O–H groups in total. The molecule has 0 saturated carbocycles. The van der Waals surface area contributed by atoms with Crippen molar-refractivity contribution in [1.29, 1.82) is 0 Å². The van der Waals surface area contributed by atoms with Gasteiger partial charge in [-0.15, -0.1) is 0 Å². The van der Waals surface area contributed by atoms with Gasteiger partial charge in [0.15, 0.2) is 0 Å². The van der Waals surface area contributed by atoms with Crippen molar-refractivity contribution in [2.45, 2.75) is 19.3 Å². The van der Waals surface area contributed by atoms with Crippen molar-refractivity contribution in [3.63, 3.8) is 0 Å². The quantitative estimate of drug-likeness (QED) is 0.449.